The van der Waals surface area contributed by atoms with Crippen LogP contribution in [-0.2, 0) is 6.42 Å². The highest BCUT2D eigenvalue weighted by Gasteiger charge is 2.17. The smallest absolute Gasteiger partial charge is 0.197 e. The van der Waals surface area contributed by atoms with Gasteiger partial charge in [-0.1, -0.05) is 30.7 Å². The van der Waals surface area contributed by atoms with Crippen LogP contribution in [0.1, 0.15) is 30.2 Å². The molecule has 2 aromatic heterocycles. The van der Waals surface area contributed by atoms with E-state index in [4.69, 9.17) is 16.0 Å². The fraction of sp³-hybridized carbons (Fsp3) is 0.312. The summed E-state index contributed by atoms with van der Waals surface area (Å²) in [7, 11) is 0. The van der Waals surface area contributed by atoms with E-state index in [0.717, 1.165) is 40.7 Å². The van der Waals surface area contributed by atoms with Gasteiger partial charge in [0, 0.05) is 11.3 Å². The highest BCUT2D eigenvalue weighted by molar-refractivity contribution is 7.16. The molecule has 2 heterocycles. The van der Waals surface area contributed by atoms with Crippen LogP contribution in [0.5, 0.6) is 0 Å². The summed E-state index contributed by atoms with van der Waals surface area (Å²) >= 11 is 7.66. The van der Waals surface area contributed by atoms with E-state index in [1.54, 1.807) is 11.3 Å². The van der Waals surface area contributed by atoms with Gasteiger partial charge in [0.05, 0.1) is 10.4 Å². The molecule has 5 heteroatoms. The Hall–Kier alpha value is -1.36. The molecule has 0 spiro atoms. The van der Waals surface area contributed by atoms with Gasteiger partial charge in [0.15, 0.2) is 11.5 Å². The van der Waals surface area contributed by atoms with Crippen molar-refractivity contribution in [3.63, 3.8) is 0 Å². The van der Waals surface area contributed by atoms with Crippen molar-refractivity contribution in [3.05, 3.63) is 51.5 Å². The zero-order valence-electron chi connectivity index (χ0n) is 11.8. The first kappa shape index (κ1) is 14.6. The Kier molecular flexibility index (Phi) is 4.58. The van der Waals surface area contributed by atoms with Crippen molar-refractivity contribution in [1.29, 1.82) is 0 Å². The summed E-state index contributed by atoms with van der Waals surface area (Å²) in [6.45, 7) is 3.12. The van der Waals surface area contributed by atoms with Gasteiger partial charge in [-0.3, -0.25) is 0 Å². The second-order valence-electron chi connectivity index (χ2n) is 4.93. The van der Waals surface area contributed by atoms with Crippen LogP contribution in [0.15, 0.2) is 40.8 Å². The van der Waals surface area contributed by atoms with Gasteiger partial charge in [-0.2, -0.15) is 0 Å². The van der Waals surface area contributed by atoms with E-state index in [9.17, 15) is 0 Å². The molecule has 21 heavy (non-hydrogen) atoms. The third-order valence-electron chi connectivity index (χ3n) is 3.30. The number of hydrogen-bond acceptors (Lipinski definition) is 4. The van der Waals surface area contributed by atoms with Crippen molar-refractivity contribution in [3.8, 4) is 0 Å². The summed E-state index contributed by atoms with van der Waals surface area (Å²) in [5.74, 6) is 0.759. The molecule has 0 amide bonds. The quantitative estimate of drug-likeness (QED) is 0.707. The monoisotopic (exact) mass is 320 g/mol. The number of fused-ring (bicyclic) bond motifs is 1. The minimum absolute atomic E-state index is 0.190. The maximum atomic E-state index is 6.06. The number of oxazole rings is 1. The summed E-state index contributed by atoms with van der Waals surface area (Å²) in [5, 5.41) is 3.54. The standard InChI is InChI=1S/C16H17ClN2OS/c1-2-9-18-12(14-7-8-15(17)21-14)10-16-19-11-5-3-4-6-13(11)20-16/h3-8,12,18H,2,9-10H2,1H3. The molecular formula is C16H17ClN2OS. The van der Waals surface area contributed by atoms with Gasteiger partial charge in [-0.25, -0.2) is 4.98 Å². The van der Waals surface area contributed by atoms with Gasteiger partial charge in [0.25, 0.3) is 0 Å². The van der Waals surface area contributed by atoms with Crippen LogP contribution in [0, 0.1) is 0 Å². The summed E-state index contributed by atoms with van der Waals surface area (Å²) in [4.78, 5) is 5.78. The first-order valence-corrected chi connectivity index (χ1v) is 8.28. The maximum absolute atomic E-state index is 6.06. The SMILES string of the molecule is CCCNC(Cc1nc2ccccc2o1)c1ccc(Cl)s1. The average molecular weight is 321 g/mol. The van der Waals surface area contributed by atoms with Gasteiger partial charge >= 0.3 is 0 Å². The minimum atomic E-state index is 0.190. The van der Waals surface area contributed by atoms with Crippen molar-refractivity contribution < 1.29 is 4.42 Å². The third kappa shape index (κ3) is 3.46. The van der Waals surface area contributed by atoms with E-state index in [-0.39, 0.29) is 6.04 Å². The van der Waals surface area contributed by atoms with Gasteiger partial charge in [0.2, 0.25) is 0 Å². The lowest BCUT2D eigenvalue weighted by molar-refractivity contribution is 0.457. The topological polar surface area (TPSA) is 38.1 Å². The van der Waals surface area contributed by atoms with Gasteiger partial charge in [0.1, 0.15) is 5.52 Å². The lowest BCUT2D eigenvalue weighted by atomic mass is 10.1. The zero-order chi connectivity index (χ0) is 14.7. The summed E-state index contributed by atoms with van der Waals surface area (Å²) in [6, 6.07) is 12.1. The Morgan fingerprint density at radius 1 is 1.29 bits per heavy atom. The maximum Gasteiger partial charge on any atom is 0.197 e. The molecule has 1 aromatic carbocycles. The molecule has 0 saturated carbocycles. The van der Waals surface area contributed by atoms with E-state index in [1.165, 1.54) is 4.88 Å². The van der Waals surface area contributed by atoms with Crippen LogP contribution in [0.2, 0.25) is 4.34 Å². The summed E-state index contributed by atoms with van der Waals surface area (Å²) in [6.07, 6.45) is 1.81. The average Bonchev–Trinajstić information content (AvgIpc) is 3.08. The predicted octanol–water partition coefficient (Wildman–Crippen LogP) is 4.83. The molecule has 1 atom stereocenters. The Balaban J connectivity index is 1.83. The molecule has 0 aliphatic heterocycles. The van der Waals surface area contributed by atoms with E-state index in [2.05, 4.69) is 23.3 Å². The fourth-order valence-corrected chi connectivity index (χ4v) is 3.43. The van der Waals surface area contributed by atoms with Crippen LogP contribution in [0.25, 0.3) is 11.1 Å². The Morgan fingerprint density at radius 2 is 2.14 bits per heavy atom. The van der Waals surface area contributed by atoms with Crippen molar-refractivity contribution >= 4 is 34.0 Å². The fourth-order valence-electron chi connectivity index (χ4n) is 2.29. The lowest BCUT2D eigenvalue weighted by Crippen LogP contribution is -2.23. The number of nitrogens with one attached hydrogen (secondary N) is 1. The third-order valence-corrected chi connectivity index (χ3v) is 4.64. The molecule has 0 bridgehead atoms. The van der Waals surface area contributed by atoms with Crippen LogP contribution in [0.3, 0.4) is 0 Å². The highest BCUT2D eigenvalue weighted by Crippen LogP contribution is 2.29. The molecule has 1 N–H and O–H groups in total. The number of thiophene rings is 1. The first-order chi connectivity index (χ1) is 10.3. The molecule has 1 unspecified atom stereocenters. The molecule has 3 nitrogen and oxygen atoms in total. The van der Waals surface area contributed by atoms with Crippen LogP contribution < -0.4 is 5.32 Å². The van der Waals surface area contributed by atoms with E-state index < -0.39 is 0 Å². The number of hydrogen-bond donors (Lipinski definition) is 1. The summed E-state index contributed by atoms with van der Waals surface area (Å²) < 4.78 is 6.64. The molecule has 110 valence electrons. The van der Waals surface area contributed by atoms with E-state index in [0.29, 0.717) is 0 Å². The van der Waals surface area contributed by atoms with Gasteiger partial charge in [-0.15, -0.1) is 11.3 Å². The van der Waals surface area contributed by atoms with E-state index >= 15 is 0 Å². The molecule has 3 aromatic rings. The van der Waals surface area contributed by atoms with Crippen molar-refractivity contribution in [1.82, 2.24) is 10.3 Å². The number of halogens is 1. The first-order valence-electron chi connectivity index (χ1n) is 7.09. The zero-order valence-corrected chi connectivity index (χ0v) is 13.4. The van der Waals surface area contributed by atoms with Crippen molar-refractivity contribution in [2.24, 2.45) is 0 Å². The number of rotatable bonds is 6. The second kappa shape index (κ2) is 6.60. The van der Waals surface area contributed by atoms with E-state index in [1.807, 2.05) is 30.3 Å². The number of aromatic nitrogens is 1. The Labute approximate surface area is 133 Å². The number of para-hydroxylation sites is 2. The predicted molar refractivity (Wildman–Crippen MR) is 88.1 cm³/mol. The molecule has 0 aliphatic rings. The largest absolute Gasteiger partial charge is 0.441 e. The number of benzene rings is 1. The second-order valence-corrected chi connectivity index (χ2v) is 6.67. The van der Waals surface area contributed by atoms with Gasteiger partial charge in [-0.05, 0) is 37.2 Å². The normalized spacial score (nSPS) is 12.9. The molecule has 0 fully saturated rings. The van der Waals surface area contributed by atoms with Crippen molar-refractivity contribution in [2.45, 2.75) is 25.8 Å². The Bertz CT molecular complexity index is 689. The minimum Gasteiger partial charge on any atom is -0.441 e. The van der Waals surface area contributed by atoms with Crippen LogP contribution in [-0.4, -0.2) is 11.5 Å². The lowest BCUT2D eigenvalue weighted by Gasteiger charge is -2.15. The molecule has 0 saturated heterocycles. The highest BCUT2D eigenvalue weighted by atomic mass is 35.5. The molecular weight excluding hydrogens is 304 g/mol. The molecule has 0 aliphatic carbocycles. The van der Waals surface area contributed by atoms with Crippen LogP contribution >= 0.6 is 22.9 Å². The van der Waals surface area contributed by atoms with Crippen molar-refractivity contribution in [2.75, 3.05) is 6.54 Å². The van der Waals surface area contributed by atoms with Crippen LogP contribution in [0.4, 0.5) is 0 Å². The molecule has 3 rings (SSSR count). The number of nitrogens with zero attached hydrogens (tertiary/aromatic N) is 1. The molecule has 0 radical (unpaired) electrons. The summed E-state index contributed by atoms with van der Waals surface area (Å²) in [5.41, 5.74) is 1.75. The van der Waals surface area contributed by atoms with Gasteiger partial charge < -0.3 is 9.73 Å². The Morgan fingerprint density at radius 3 is 2.86 bits per heavy atom.